The second-order valence-electron chi connectivity index (χ2n) is 3.84. The number of nitrogens with zero attached hydrogens (tertiary/aromatic N) is 1. The minimum absolute atomic E-state index is 0.133. The van der Waals surface area contributed by atoms with Gasteiger partial charge in [-0.2, -0.15) is 0 Å². The summed E-state index contributed by atoms with van der Waals surface area (Å²) >= 11 is 5.15. The predicted octanol–water partition coefficient (Wildman–Crippen LogP) is 3.80. The molecule has 0 unspecified atom stereocenters. The van der Waals surface area contributed by atoms with Gasteiger partial charge in [0.15, 0.2) is 5.13 Å². The number of fused-ring (bicyclic) bond motifs is 1. The van der Waals surface area contributed by atoms with E-state index in [1.165, 1.54) is 11.3 Å². The van der Waals surface area contributed by atoms with Gasteiger partial charge in [0.05, 0.1) is 18.7 Å². The summed E-state index contributed by atoms with van der Waals surface area (Å²) in [5, 5.41) is 5.24. The zero-order valence-electron chi connectivity index (χ0n) is 9.51. The fourth-order valence-corrected chi connectivity index (χ4v) is 3.83. The molecule has 0 spiro atoms. The first-order chi connectivity index (χ1) is 9.11. The van der Waals surface area contributed by atoms with Crippen molar-refractivity contribution in [3.8, 4) is 0 Å². The van der Waals surface area contributed by atoms with Gasteiger partial charge in [-0.15, -0.1) is 11.3 Å². The Balaban J connectivity index is 1.87. The van der Waals surface area contributed by atoms with Gasteiger partial charge in [0.25, 0.3) is 5.91 Å². The average Bonchev–Trinajstić information content (AvgIpc) is 2.94. The van der Waals surface area contributed by atoms with Gasteiger partial charge in [0.1, 0.15) is 0 Å². The number of thiophene rings is 1. The Morgan fingerprint density at radius 1 is 1.37 bits per heavy atom. The Hall–Kier alpha value is -1.19. The van der Waals surface area contributed by atoms with Crippen LogP contribution < -0.4 is 11.1 Å². The van der Waals surface area contributed by atoms with Crippen molar-refractivity contribution in [1.29, 1.82) is 0 Å². The number of nitrogen functional groups attached to an aromatic ring is 1. The molecule has 1 aromatic carbocycles. The number of nitrogens with one attached hydrogen (secondary N) is 1. The molecule has 0 aliphatic rings. The summed E-state index contributed by atoms with van der Waals surface area (Å²) < 4.78 is 2.05. The number of nitrogens with two attached hydrogens (primary N) is 1. The molecule has 0 saturated heterocycles. The molecule has 7 heteroatoms. The molecular weight excluding hydrogens is 393 g/mol. The first-order valence-corrected chi connectivity index (χ1v) is 8.11. The van der Waals surface area contributed by atoms with E-state index in [-0.39, 0.29) is 5.91 Å². The van der Waals surface area contributed by atoms with Crippen LogP contribution >= 0.6 is 45.3 Å². The maximum Gasteiger partial charge on any atom is 0.258 e. The molecule has 96 valence electrons. The molecule has 0 saturated carbocycles. The summed E-state index contributed by atoms with van der Waals surface area (Å²) in [6.45, 7) is 0. The molecule has 0 fully saturated rings. The first-order valence-electron chi connectivity index (χ1n) is 5.33. The third kappa shape index (κ3) is 2.72. The van der Waals surface area contributed by atoms with E-state index in [9.17, 15) is 4.79 Å². The van der Waals surface area contributed by atoms with Crippen LogP contribution in [0.1, 0.15) is 10.4 Å². The highest BCUT2D eigenvalue weighted by molar-refractivity contribution is 14.1. The number of thiazole rings is 1. The SMILES string of the molecule is Nc1ccc2nc(NC(=O)c3csc(I)c3)sc2c1. The zero-order chi connectivity index (χ0) is 13.4. The van der Waals surface area contributed by atoms with E-state index in [1.54, 1.807) is 17.4 Å². The van der Waals surface area contributed by atoms with E-state index in [2.05, 4.69) is 32.9 Å². The number of rotatable bonds is 2. The highest BCUT2D eigenvalue weighted by Gasteiger charge is 2.11. The number of hydrogen-bond donors (Lipinski definition) is 2. The lowest BCUT2D eigenvalue weighted by Crippen LogP contribution is -2.10. The van der Waals surface area contributed by atoms with Crippen LogP contribution in [-0.4, -0.2) is 10.9 Å². The van der Waals surface area contributed by atoms with Gasteiger partial charge in [0, 0.05) is 11.1 Å². The molecule has 0 aliphatic carbocycles. The summed E-state index contributed by atoms with van der Waals surface area (Å²) in [4.78, 5) is 16.4. The molecule has 3 aromatic rings. The van der Waals surface area contributed by atoms with Crippen molar-refractivity contribution in [3.05, 3.63) is 38.1 Å². The van der Waals surface area contributed by atoms with Crippen molar-refractivity contribution >= 4 is 72.2 Å². The van der Waals surface area contributed by atoms with Crippen molar-refractivity contribution in [1.82, 2.24) is 4.98 Å². The summed E-state index contributed by atoms with van der Waals surface area (Å²) in [5.41, 5.74) is 7.92. The van der Waals surface area contributed by atoms with Crippen LogP contribution in [0.4, 0.5) is 10.8 Å². The summed E-state index contributed by atoms with van der Waals surface area (Å²) in [7, 11) is 0. The van der Waals surface area contributed by atoms with Crippen LogP contribution in [0.5, 0.6) is 0 Å². The molecule has 0 atom stereocenters. The molecule has 2 heterocycles. The molecule has 19 heavy (non-hydrogen) atoms. The van der Waals surface area contributed by atoms with Gasteiger partial charge < -0.3 is 5.73 Å². The molecule has 2 aromatic heterocycles. The Kier molecular flexibility index (Phi) is 3.42. The van der Waals surface area contributed by atoms with Gasteiger partial charge in [0.2, 0.25) is 0 Å². The fourth-order valence-electron chi connectivity index (χ4n) is 1.59. The Bertz CT molecular complexity index is 765. The highest BCUT2D eigenvalue weighted by atomic mass is 127. The number of hydrogen-bond acceptors (Lipinski definition) is 5. The van der Waals surface area contributed by atoms with E-state index in [1.807, 2.05) is 23.6 Å². The van der Waals surface area contributed by atoms with Gasteiger partial charge in [-0.05, 0) is 46.9 Å². The van der Waals surface area contributed by atoms with Crippen LogP contribution in [0.25, 0.3) is 10.2 Å². The Morgan fingerprint density at radius 3 is 2.95 bits per heavy atom. The third-order valence-electron chi connectivity index (χ3n) is 2.46. The maximum absolute atomic E-state index is 12.0. The van der Waals surface area contributed by atoms with E-state index in [4.69, 9.17) is 5.73 Å². The van der Waals surface area contributed by atoms with Crippen molar-refractivity contribution < 1.29 is 4.79 Å². The highest BCUT2D eigenvalue weighted by Crippen LogP contribution is 2.28. The van der Waals surface area contributed by atoms with Crippen molar-refractivity contribution in [2.45, 2.75) is 0 Å². The molecule has 1 amide bonds. The van der Waals surface area contributed by atoms with Crippen LogP contribution in [0.15, 0.2) is 29.6 Å². The molecule has 0 bridgehead atoms. The molecule has 3 N–H and O–H groups in total. The van der Waals surface area contributed by atoms with Crippen LogP contribution in [-0.2, 0) is 0 Å². The van der Waals surface area contributed by atoms with Crippen LogP contribution in [0.2, 0.25) is 0 Å². The molecular formula is C12H8IN3OS2. The quantitative estimate of drug-likeness (QED) is 0.507. The normalized spacial score (nSPS) is 10.8. The van der Waals surface area contributed by atoms with Crippen LogP contribution in [0, 0.1) is 2.88 Å². The number of benzene rings is 1. The number of carbonyl (C=O) groups is 1. The monoisotopic (exact) mass is 401 g/mol. The predicted molar refractivity (Wildman–Crippen MR) is 89.0 cm³/mol. The van der Waals surface area contributed by atoms with Gasteiger partial charge in [-0.25, -0.2) is 4.98 Å². The molecule has 0 aliphatic heterocycles. The standard InChI is InChI=1S/C12H8IN3OS2/c13-10-3-6(5-18-10)11(17)16-12-15-8-2-1-7(14)4-9(8)19-12/h1-5H,14H2,(H,15,16,17). The first kappa shape index (κ1) is 12.8. The van der Waals surface area contributed by atoms with Gasteiger partial charge >= 0.3 is 0 Å². The minimum atomic E-state index is -0.133. The molecule has 0 radical (unpaired) electrons. The van der Waals surface area contributed by atoms with Gasteiger partial charge in [-0.3, -0.25) is 10.1 Å². The lowest BCUT2D eigenvalue weighted by atomic mass is 10.3. The van der Waals surface area contributed by atoms with E-state index in [0.717, 1.165) is 13.1 Å². The Labute approximate surface area is 130 Å². The molecule has 4 nitrogen and oxygen atoms in total. The summed E-state index contributed by atoms with van der Waals surface area (Å²) in [6.07, 6.45) is 0. The van der Waals surface area contributed by atoms with E-state index < -0.39 is 0 Å². The Morgan fingerprint density at radius 2 is 2.21 bits per heavy atom. The van der Waals surface area contributed by atoms with E-state index >= 15 is 0 Å². The minimum Gasteiger partial charge on any atom is -0.399 e. The number of amides is 1. The van der Waals surface area contributed by atoms with Crippen molar-refractivity contribution in [2.24, 2.45) is 0 Å². The summed E-state index contributed by atoms with van der Waals surface area (Å²) in [6, 6.07) is 7.36. The smallest absolute Gasteiger partial charge is 0.258 e. The second kappa shape index (κ2) is 5.06. The lowest BCUT2D eigenvalue weighted by Gasteiger charge is -1.97. The lowest BCUT2D eigenvalue weighted by molar-refractivity contribution is 0.102. The summed E-state index contributed by atoms with van der Waals surface area (Å²) in [5.74, 6) is -0.133. The van der Waals surface area contributed by atoms with Gasteiger partial charge in [-0.1, -0.05) is 11.3 Å². The zero-order valence-corrected chi connectivity index (χ0v) is 13.3. The topological polar surface area (TPSA) is 68.0 Å². The van der Waals surface area contributed by atoms with Crippen LogP contribution in [0.3, 0.4) is 0 Å². The van der Waals surface area contributed by atoms with Crippen molar-refractivity contribution in [3.63, 3.8) is 0 Å². The van der Waals surface area contributed by atoms with E-state index in [0.29, 0.717) is 16.4 Å². The number of carbonyl (C=O) groups excluding carboxylic acids is 1. The maximum atomic E-state index is 12.0. The second-order valence-corrected chi connectivity index (χ2v) is 7.68. The molecule has 3 rings (SSSR count). The average molecular weight is 401 g/mol. The number of anilines is 2. The largest absolute Gasteiger partial charge is 0.399 e. The third-order valence-corrected chi connectivity index (χ3v) is 5.19. The number of halogens is 1. The fraction of sp³-hybridized carbons (Fsp3) is 0. The van der Waals surface area contributed by atoms with Crippen molar-refractivity contribution in [2.75, 3.05) is 11.1 Å². The number of aromatic nitrogens is 1.